The average molecular weight is 663 g/mol. The molecular weight excluding hydrogens is 632 g/mol. The first-order valence-electron chi connectivity index (χ1n) is 14.6. The predicted octanol–water partition coefficient (Wildman–Crippen LogP) is 6.63. The number of imidazole rings is 1. The van der Waals surface area contributed by atoms with Crippen molar-refractivity contribution in [1.82, 2.24) is 25.6 Å². The van der Waals surface area contributed by atoms with Crippen LogP contribution in [0.15, 0.2) is 24.3 Å². The molecule has 2 heterocycles. The molecule has 2 aliphatic carbocycles. The molecule has 9 nitrogen and oxygen atoms in total. The first kappa shape index (κ1) is 33.2. The average Bonchev–Trinajstić information content (AvgIpc) is 3.70. The molecule has 2 amide bonds. The van der Waals surface area contributed by atoms with E-state index in [1.807, 2.05) is 0 Å². The summed E-state index contributed by atoms with van der Waals surface area (Å²) in [6, 6.07) is 3.81. The van der Waals surface area contributed by atoms with Crippen molar-refractivity contribution in [3.8, 4) is 5.88 Å². The van der Waals surface area contributed by atoms with Crippen LogP contribution in [0.25, 0.3) is 11.2 Å². The van der Waals surface area contributed by atoms with Crippen molar-refractivity contribution in [3.05, 3.63) is 41.0 Å². The van der Waals surface area contributed by atoms with Crippen LogP contribution in [0.3, 0.4) is 0 Å². The Bertz CT molecular complexity index is 1560. The monoisotopic (exact) mass is 662 g/mol. The molecule has 2 fully saturated rings. The van der Waals surface area contributed by atoms with Crippen LogP contribution < -0.4 is 20.7 Å². The van der Waals surface area contributed by atoms with Crippen LogP contribution in [0.4, 0.5) is 46.8 Å². The zero-order valence-corrected chi connectivity index (χ0v) is 24.1. The Balaban J connectivity index is 1.37. The molecule has 0 radical (unpaired) electrons. The molecule has 46 heavy (non-hydrogen) atoms. The number of nitrogens with one attached hydrogen (secondary N) is 4. The summed E-state index contributed by atoms with van der Waals surface area (Å²) in [5.41, 5.74) is -1.53. The summed E-state index contributed by atoms with van der Waals surface area (Å²) < 4.78 is 112. The molecule has 4 N–H and O–H groups in total. The largest absolute Gasteiger partial charge is 0.471 e. The summed E-state index contributed by atoms with van der Waals surface area (Å²) in [6.45, 7) is -1.14. The maximum atomic E-state index is 13.8. The molecule has 250 valence electrons. The van der Waals surface area contributed by atoms with Crippen LogP contribution in [0.2, 0.25) is 0 Å². The molecule has 0 aliphatic heterocycles. The van der Waals surface area contributed by atoms with Crippen LogP contribution in [0, 0.1) is 11.8 Å². The highest BCUT2D eigenvalue weighted by Crippen LogP contribution is 2.39. The minimum Gasteiger partial charge on any atom is -0.471 e. The van der Waals surface area contributed by atoms with Gasteiger partial charge in [0.1, 0.15) is 11.1 Å². The lowest BCUT2D eigenvalue weighted by molar-refractivity contribution is -0.182. The molecule has 3 aromatic rings. The minimum absolute atomic E-state index is 0.0127. The number of carbonyl (C=O) groups is 2. The van der Waals surface area contributed by atoms with Crippen molar-refractivity contribution in [2.75, 3.05) is 11.9 Å². The van der Waals surface area contributed by atoms with Crippen molar-refractivity contribution in [1.29, 1.82) is 0 Å². The highest BCUT2D eigenvalue weighted by atomic mass is 19.4. The van der Waals surface area contributed by atoms with E-state index in [4.69, 9.17) is 4.74 Å². The first-order chi connectivity index (χ1) is 21.7. The van der Waals surface area contributed by atoms with Gasteiger partial charge in [-0.25, -0.2) is 13.8 Å². The Morgan fingerprint density at radius 2 is 1.70 bits per heavy atom. The van der Waals surface area contributed by atoms with Crippen molar-refractivity contribution in [3.63, 3.8) is 0 Å². The highest BCUT2D eigenvalue weighted by Gasteiger charge is 2.41. The van der Waals surface area contributed by atoms with Crippen LogP contribution in [0.1, 0.15) is 66.4 Å². The van der Waals surface area contributed by atoms with Gasteiger partial charge < -0.3 is 25.7 Å². The maximum Gasteiger partial charge on any atom is 0.418 e. The van der Waals surface area contributed by atoms with Gasteiger partial charge in [-0.1, -0.05) is 6.07 Å². The number of nitrogens with zero attached hydrogens (tertiary/aromatic N) is 2. The SMILES string of the molecule is O=C(CC1CC1)NCc1ccc(C(F)(F)F)c(Nc2nc3cc(C(=O)N[C@H]4CC[C@H](C(F)(F)F)CC4)c(OCC(F)F)nc3[nH]2)c1. The number of ether oxygens (including phenoxy) is 1. The number of alkyl halides is 8. The minimum atomic E-state index is -4.76. The number of hydrogen-bond donors (Lipinski definition) is 4. The number of aromatic nitrogens is 3. The molecule has 0 atom stereocenters. The third-order valence-electron chi connectivity index (χ3n) is 7.86. The van der Waals surface area contributed by atoms with Crippen molar-refractivity contribution < 1.29 is 49.4 Å². The van der Waals surface area contributed by atoms with Gasteiger partial charge in [-0.2, -0.15) is 31.3 Å². The van der Waals surface area contributed by atoms with Gasteiger partial charge in [-0.05, 0) is 68.2 Å². The van der Waals surface area contributed by atoms with Crippen LogP contribution >= 0.6 is 0 Å². The van der Waals surface area contributed by atoms with Crippen LogP contribution in [-0.4, -0.2) is 52.0 Å². The number of aromatic amines is 1. The number of hydrogen-bond acceptors (Lipinski definition) is 6. The fraction of sp³-hybridized carbons (Fsp3) is 0.517. The Labute approximate surface area is 256 Å². The van der Waals surface area contributed by atoms with Crippen LogP contribution in [0.5, 0.6) is 5.88 Å². The van der Waals surface area contributed by atoms with Gasteiger partial charge in [-0.15, -0.1) is 0 Å². The van der Waals surface area contributed by atoms with Gasteiger partial charge in [0.25, 0.3) is 12.3 Å². The predicted molar refractivity (Wildman–Crippen MR) is 149 cm³/mol. The van der Waals surface area contributed by atoms with E-state index in [9.17, 15) is 44.7 Å². The number of carbonyl (C=O) groups excluding carboxylic acids is 2. The van der Waals surface area contributed by atoms with Gasteiger partial charge in [0.2, 0.25) is 17.7 Å². The Morgan fingerprint density at radius 3 is 2.33 bits per heavy atom. The Kier molecular flexibility index (Phi) is 9.58. The van der Waals surface area contributed by atoms with Crippen molar-refractivity contribution >= 4 is 34.6 Å². The second kappa shape index (κ2) is 13.3. The maximum absolute atomic E-state index is 13.8. The third kappa shape index (κ3) is 8.54. The number of rotatable bonds is 11. The third-order valence-corrected chi connectivity index (χ3v) is 7.86. The number of H-pyrrole nitrogens is 1. The van der Waals surface area contributed by atoms with E-state index < -0.39 is 60.4 Å². The molecular formula is C29H30F8N6O3. The summed E-state index contributed by atoms with van der Waals surface area (Å²) in [5, 5.41) is 7.82. The normalized spacial score (nSPS) is 18.9. The highest BCUT2D eigenvalue weighted by molar-refractivity contribution is 5.99. The first-order valence-corrected chi connectivity index (χ1v) is 14.6. The zero-order valence-electron chi connectivity index (χ0n) is 24.1. The number of benzene rings is 1. The number of fused-ring (bicyclic) bond motifs is 1. The smallest absolute Gasteiger partial charge is 0.418 e. The van der Waals surface area contributed by atoms with Crippen molar-refractivity contribution in [2.24, 2.45) is 11.8 Å². The summed E-state index contributed by atoms with van der Waals surface area (Å²) in [6.07, 6.45) is -10.1. The van der Waals surface area contributed by atoms with Gasteiger partial charge in [0.15, 0.2) is 12.3 Å². The molecule has 0 spiro atoms. The standard InChI is InChI=1S/C29H30F8N6O3/c30-22(31)13-46-26-18(25(45)39-17-6-4-16(5-7-17)28(32,33)34)11-21-24(42-26)43-27(41-21)40-20-9-15(3-8-19(20)29(35,36)37)12-38-23(44)10-14-1-2-14/h3,8-9,11,14,16-17,22H,1-2,4-7,10,12-13H2,(H,38,44)(H,39,45)(H2,40,41,42,43)/t16-,17-. The van der Waals surface area contributed by atoms with E-state index in [0.717, 1.165) is 25.0 Å². The van der Waals surface area contributed by atoms with E-state index in [-0.39, 0.29) is 60.8 Å². The van der Waals surface area contributed by atoms with E-state index >= 15 is 0 Å². The summed E-state index contributed by atoms with van der Waals surface area (Å²) >= 11 is 0. The molecule has 2 saturated carbocycles. The summed E-state index contributed by atoms with van der Waals surface area (Å²) in [4.78, 5) is 36.0. The molecule has 0 unspecified atom stereocenters. The number of amides is 2. The topological polar surface area (TPSA) is 121 Å². The van der Waals surface area contributed by atoms with Gasteiger partial charge in [0.05, 0.1) is 17.2 Å². The Morgan fingerprint density at radius 1 is 0.978 bits per heavy atom. The lowest BCUT2D eigenvalue weighted by atomic mass is 9.85. The fourth-order valence-electron chi connectivity index (χ4n) is 5.26. The second-order valence-electron chi connectivity index (χ2n) is 11.5. The van der Waals surface area contributed by atoms with Gasteiger partial charge in [0, 0.05) is 19.0 Å². The van der Waals surface area contributed by atoms with Crippen molar-refractivity contribution in [2.45, 2.75) is 76.3 Å². The molecule has 2 aromatic heterocycles. The summed E-state index contributed by atoms with van der Waals surface area (Å²) in [7, 11) is 0. The van der Waals surface area contributed by atoms with Crippen LogP contribution in [-0.2, 0) is 17.5 Å². The summed E-state index contributed by atoms with van der Waals surface area (Å²) in [5.74, 6) is -2.96. The molecule has 17 heteroatoms. The lowest BCUT2D eigenvalue weighted by Gasteiger charge is -2.30. The fourth-order valence-corrected chi connectivity index (χ4v) is 5.26. The molecule has 0 saturated heterocycles. The number of halogens is 8. The van der Waals surface area contributed by atoms with Gasteiger partial charge >= 0.3 is 12.4 Å². The van der Waals surface area contributed by atoms with E-state index in [1.54, 1.807) is 0 Å². The molecule has 2 aliphatic rings. The quantitative estimate of drug-likeness (QED) is 0.171. The Hall–Kier alpha value is -4.18. The zero-order chi connectivity index (χ0) is 33.2. The van der Waals surface area contributed by atoms with E-state index in [0.29, 0.717) is 17.9 Å². The van der Waals surface area contributed by atoms with E-state index in [1.165, 1.54) is 12.1 Å². The van der Waals surface area contributed by atoms with E-state index in [2.05, 4.69) is 30.9 Å². The number of anilines is 2. The number of pyridine rings is 1. The second-order valence-corrected chi connectivity index (χ2v) is 11.5. The molecule has 1 aromatic carbocycles. The molecule has 0 bridgehead atoms. The lowest BCUT2D eigenvalue weighted by Crippen LogP contribution is -2.40. The van der Waals surface area contributed by atoms with Gasteiger partial charge in [-0.3, -0.25) is 9.59 Å². The molecule has 5 rings (SSSR count).